The molecule has 2 aromatic rings. The van der Waals surface area contributed by atoms with Gasteiger partial charge in [0.15, 0.2) is 11.6 Å². The van der Waals surface area contributed by atoms with Gasteiger partial charge in [-0.2, -0.15) is 0 Å². The number of unbranched alkanes of at least 4 members (excludes halogenated alkanes) is 1. The smallest absolute Gasteiger partial charge is 0.222 e. The second-order valence-electron chi connectivity index (χ2n) is 6.09. The van der Waals surface area contributed by atoms with E-state index in [1.807, 2.05) is 35.2 Å². The van der Waals surface area contributed by atoms with Crippen molar-refractivity contribution in [3.63, 3.8) is 0 Å². The number of nitrogens with one attached hydrogen (secondary N) is 1. The van der Waals surface area contributed by atoms with Crippen LogP contribution in [0.2, 0.25) is 0 Å². The Bertz CT molecular complexity index is 668. The van der Waals surface area contributed by atoms with E-state index in [-0.39, 0.29) is 5.91 Å². The first-order valence-corrected chi connectivity index (χ1v) is 8.81. The summed E-state index contributed by atoms with van der Waals surface area (Å²) in [6.07, 6.45) is 4.41. The number of hydrogen-bond donors (Lipinski definition) is 1. The number of carbonyl (C=O) groups is 1. The van der Waals surface area contributed by atoms with E-state index in [0.29, 0.717) is 12.2 Å². The highest BCUT2D eigenvalue weighted by molar-refractivity contribution is 5.76. The lowest BCUT2D eigenvalue weighted by Crippen LogP contribution is -2.49. The maximum absolute atomic E-state index is 12.1. The molecule has 0 bridgehead atoms. The lowest BCUT2D eigenvalue weighted by molar-refractivity contribution is -0.131. The number of piperazine rings is 1. The number of hydrogen-bond acceptors (Lipinski definition) is 6. The Morgan fingerprint density at radius 1 is 1.08 bits per heavy atom. The zero-order valence-electron chi connectivity index (χ0n) is 14.6. The third kappa shape index (κ3) is 4.65. The van der Waals surface area contributed by atoms with Crippen molar-refractivity contribution in [2.75, 3.05) is 36.4 Å². The highest BCUT2D eigenvalue weighted by Crippen LogP contribution is 2.16. The molecule has 3 rings (SSSR count). The van der Waals surface area contributed by atoms with Crippen molar-refractivity contribution in [1.29, 1.82) is 0 Å². The summed E-state index contributed by atoms with van der Waals surface area (Å²) in [5.74, 6) is 2.51. The minimum Gasteiger partial charge on any atom is -0.352 e. The van der Waals surface area contributed by atoms with E-state index >= 15 is 0 Å². The minimum absolute atomic E-state index is 0.266. The Morgan fingerprint density at radius 3 is 2.56 bits per heavy atom. The second kappa shape index (κ2) is 8.41. The first-order valence-electron chi connectivity index (χ1n) is 8.81. The van der Waals surface area contributed by atoms with Crippen molar-refractivity contribution in [3.8, 4) is 0 Å². The first-order chi connectivity index (χ1) is 12.3. The van der Waals surface area contributed by atoms with Gasteiger partial charge in [0.25, 0.3) is 0 Å². The molecule has 0 aliphatic carbocycles. The quantitative estimate of drug-likeness (QED) is 0.871. The summed E-state index contributed by atoms with van der Waals surface area (Å²) in [5.41, 5.74) is 0. The number of amides is 1. The molecule has 1 aliphatic rings. The van der Waals surface area contributed by atoms with Gasteiger partial charge >= 0.3 is 0 Å². The van der Waals surface area contributed by atoms with Gasteiger partial charge in [0.05, 0.1) is 0 Å². The van der Waals surface area contributed by atoms with Gasteiger partial charge in [0.1, 0.15) is 5.82 Å². The Morgan fingerprint density at radius 2 is 1.92 bits per heavy atom. The van der Waals surface area contributed by atoms with Gasteiger partial charge in [-0.3, -0.25) is 4.79 Å². The fourth-order valence-electron chi connectivity index (χ4n) is 2.80. The molecule has 0 spiro atoms. The van der Waals surface area contributed by atoms with Crippen LogP contribution < -0.4 is 10.2 Å². The van der Waals surface area contributed by atoms with E-state index in [2.05, 4.69) is 32.3 Å². The summed E-state index contributed by atoms with van der Waals surface area (Å²) in [6, 6.07) is 9.51. The van der Waals surface area contributed by atoms with Crippen molar-refractivity contribution >= 4 is 23.4 Å². The molecular weight excluding hydrogens is 316 g/mol. The topological polar surface area (TPSA) is 74.2 Å². The number of pyridine rings is 1. The van der Waals surface area contributed by atoms with Crippen LogP contribution in [0.4, 0.5) is 17.5 Å². The molecular formula is C18H24N6O. The van der Waals surface area contributed by atoms with Gasteiger partial charge in [-0.15, -0.1) is 10.2 Å². The molecule has 1 fully saturated rings. The molecule has 0 radical (unpaired) electrons. The van der Waals surface area contributed by atoms with Gasteiger partial charge in [-0.05, 0) is 30.7 Å². The highest BCUT2D eigenvalue weighted by atomic mass is 16.2. The molecule has 1 amide bonds. The van der Waals surface area contributed by atoms with E-state index in [1.165, 1.54) is 0 Å². The van der Waals surface area contributed by atoms with E-state index in [4.69, 9.17) is 0 Å². The van der Waals surface area contributed by atoms with Gasteiger partial charge in [-0.25, -0.2) is 4.98 Å². The fraction of sp³-hybridized carbons (Fsp3) is 0.444. The summed E-state index contributed by atoms with van der Waals surface area (Å²) < 4.78 is 0. The molecule has 1 N–H and O–H groups in total. The summed E-state index contributed by atoms with van der Waals surface area (Å²) in [5, 5.41) is 11.6. The van der Waals surface area contributed by atoms with E-state index in [1.54, 1.807) is 6.20 Å². The SMILES string of the molecule is CCCCC(=O)N1CCN(c2ccc(Nc3ccccn3)nn2)CC1. The number of anilines is 3. The Labute approximate surface area is 148 Å². The van der Waals surface area contributed by atoms with Gasteiger partial charge in [0.2, 0.25) is 5.91 Å². The number of rotatable bonds is 6. The fourth-order valence-corrected chi connectivity index (χ4v) is 2.80. The zero-order valence-corrected chi connectivity index (χ0v) is 14.6. The van der Waals surface area contributed by atoms with Gasteiger partial charge < -0.3 is 15.1 Å². The predicted octanol–water partition coefficient (Wildman–Crippen LogP) is 2.45. The predicted molar refractivity (Wildman–Crippen MR) is 97.9 cm³/mol. The maximum atomic E-state index is 12.1. The highest BCUT2D eigenvalue weighted by Gasteiger charge is 2.21. The van der Waals surface area contributed by atoms with Crippen LogP contribution in [0.1, 0.15) is 26.2 Å². The molecule has 1 saturated heterocycles. The lowest BCUT2D eigenvalue weighted by atomic mass is 10.2. The Hall–Kier alpha value is -2.70. The molecule has 0 aromatic carbocycles. The van der Waals surface area contributed by atoms with E-state index in [0.717, 1.165) is 50.7 Å². The average molecular weight is 340 g/mol. The van der Waals surface area contributed by atoms with E-state index < -0.39 is 0 Å². The molecule has 7 heteroatoms. The normalized spacial score (nSPS) is 14.4. The standard InChI is InChI=1S/C18H24N6O/c1-2-3-7-18(25)24-13-11-23(12-14-24)17-9-8-16(21-22-17)20-15-6-4-5-10-19-15/h4-6,8-10H,2-3,7,11-14H2,1H3,(H,19,20,21). The monoisotopic (exact) mass is 340 g/mol. The first kappa shape index (κ1) is 17.1. The van der Waals surface area contributed by atoms with Gasteiger partial charge in [-0.1, -0.05) is 19.4 Å². The summed E-state index contributed by atoms with van der Waals surface area (Å²) in [4.78, 5) is 20.4. The lowest BCUT2D eigenvalue weighted by Gasteiger charge is -2.35. The van der Waals surface area contributed by atoms with Gasteiger partial charge in [0, 0.05) is 38.8 Å². The number of aromatic nitrogens is 3. The molecule has 132 valence electrons. The maximum Gasteiger partial charge on any atom is 0.222 e. The van der Waals surface area contributed by atoms with Crippen LogP contribution in [0, 0.1) is 0 Å². The van der Waals surface area contributed by atoms with Crippen molar-refractivity contribution < 1.29 is 4.79 Å². The van der Waals surface area contributed by atoms with Crippen molar-refractivity contribution in [1.82, 2.24) is 20.1 Å². The number of nitrogens with zero attached hydrogens (tertiary/aromatic N) is 5. The van der Waals surface area contributed by atoms with Crippen molar-refractivity contribution in [3.05, 3.63) is 36.5 Å². The van der Waals surface area contributed by atoms with Crippen LogP contribution in [-0.2, 0) is 4.79 Å². The molecule has 25 heavy (non-hydrogen) atoms. The van der Waals surface area contributed by atoms with Crippen LogP contribution in [0.3, 0.4) is 0 Å². The van der Waals surface area contributed by atoms with Crippen LogP contribution in [0.5, 0.6) is 0 Å². The van der Waals surface area contributed by atoms with Crippen LogP contribution >= 0.6 is 0 Å². The molecule has 3 heterocycles. The largest absolute Gasteiger partial charge is 0.352 e. The molecule has 0 atom stereocenters. The van der Waals surface area contributed by atoms with Crippen LogP contribution in [-0.4, -0.2) is 52.2 Å². The Kier molecular flexibility index (Phi) is 5.77. The zero-order chi connectivity index (χ0) is 17.5. The molecule has 0 saturated carbocycles. The van der Waals surface area contributed by atoms with E-state index in [9.17, 15) is 4.79 Å². The summed E-state index contributed by atoms with van der Waals surface area (Å²) in [6.45, 7) is 5.19. The number of carbonyl (C=O) groups excluding carboxylic acids is 1. The summed E-state index contributed by atoms with van der Waals surface area (Å²) in [7, 11) is 0. The molecule has 0 unspecified atom stereocenters. The summed E-state index contributed by atoms with van der Waals surface area (Å²) >= 11 is 0. The third-order valence-electron chi connectivity index (χ3n) is 4.27. The Balaban J connectivity index is 1.52. The average Bonchev–Trinajstić information content (AvgIpc) is 2.68. The molecule has 2 aromatic heterocycles. The minimum atomic E-state index is 0.266. The third-order valence-corrected chi connectivity index (χ3v) is 4.27. The van der Waals surface area contributed by atoms with Crippen molar-refractivity contribution in [2.45, 2.75) is 26.2 Å². The van der Waals surface area contributed by atoms with Crippen LogP contribution in [0.25, 0.3) is 0 Å². The molecule has 7 nitrogen and oxygen atoms in total. The van der Waals surface area contributed by atoms with Crippen LogP contribution in [0.15, 0.2) is 36.5 Å². The molecule has 1 aliphatic heterocycles. The second-order valence-corrected chi connectivity index (χ2v) is 6.09. The van der Waals surface area contributed by atoms with Crippen molar-refractivity contribution in [2.24, 2.45) is 0 Å².